The molecule has 0 saturated carbocycles. The van der Waals surface area contributed by atoms with E-state index in [2.05, 4.69) is 197 Å². The van der Waals surface area contributed by atoms with Crippen LogP contribution in [0.25, 0.3) is 99.7 Å². The largest absolute Gasteiger partial charge is 0.309 e. The molecule has 0 aliphatic carbocycles. The summed E-state index contributed by atoms with van der Waals surface area (Å²) in [6.07, 6.45) is 0. The van der Waals surface area contributed by atoms with Gasteiger partial charge in [0, 0.05) is 49.4 Å². The Bertz CT molecular complexity index is 3190. The molecule has 4 heteroatoms. The van der Waals surface area contributed by atoms with Gasteiger partial charge < -0.3 is 9.13 Å². The standard InChI is InChI=1S/C50H32N4/c1-3-13-37(14-4-1)53-45-21-11-8-17-39(45)42-31-35(27-29-47(42)53)33-23-25-34(26-24-33)49-41-19-7-10-20-44(41)51-50(52-49)36-28-30-48-43(32-36)40-18-9-12-22-46(40)54(48)38-15-5-2-6-16-38/h1-32H. The van der Waals surface area contributed by atoms with Gasteiger partial charge >= 0.3 is 0 Å². The summed E-state index contributed by atoms with van der Waals surface area (Å²) in [5.41, 5.74) is 13.3. The second-order valence-electron chi connectivity index (χ2n) is 13.8. The molecule has 0 saturated heterocycles. The average Bonchev–Trinajstić information content (AvgIpc) is 3.76. The molecule has 3 aromatic heterocycles. The Labute approximate surface area is 311 Å². The van der Waals surface area contributed by atoms with Crippen molar-refractivity contribution in [1.29, 1.82) is 0 Å². The molecule has 3 heterocycles. The summed E-state index contributed by atoms with van der Waals surface area (Å²) in [4.78, 5) is 10.4. The lowest BCUT2D eigenvalue weighted by Gasteiger charge is -2.11. The molecule has 0 unspecified atom stereocenters. The predicted octanol–water partition coefficient (Wildman–Crippen LogP) is 12.8. The van der Waals surface area contributed by atoms with E-state index < -0.39 is 0 Å². The summed E-state index contributed by atoms with van der Waals surface area (Å²) in [7, 11) is 0. The van der Waals surface area contributed by atoms with Gasteiger partial charge in [0.15, 0.2) is 5.82 Å². The van der Waals surface area contributed by atoms with Crippen molar-refractivity contribution < 1.29 is 0 Å². The fraction of sp³-hybridized carbons (Fsp3) is 0. The summed E-state index contributed by atoms with van der Waals surface area (Å²) >= 11 is 0. The Hall–Kier alpha value is -7.30. The van der Waals surface area contributed by atoms with Crippen LogP contribution in [0.4, 0.5) is 0 Å². The zero-order valence-corrected chi connectivity index (χ0v) is 29.3. The highest BCUT2D eigenvalue weighted by molar-refractivity contribution is 6.11. The highest BCUT2D eigenvalue weighted by Gasteiger charge is 2.17. The minimum Gasteiger partial charge on any atom is -0.309 e. The molecule has 252 valence electrons. The van der Waals surface area contributed by atoms with Crippen LogP contribution in [0.2, 0.25) is 0 Å². The maximum Gasteiger partial charge on any atom is 0.160 e. The van der Waals surface area contributed by atoms with E-state index in [9.17, 15) is 0 Å². The lowest BCUT2D eigenvalue weighted by atomic mass is 9.99. The molecule has 0 aliphatic heterocycles. The number of nitrogens with zero attached hydrogens (tertiary/aromatic N) is 4. The van der Waals surface area contributed by atoms with Crippen molar-refractivity contribution in [2.24, 2.45) is 0 Å². The third-order valence-electron chi connectivity index (χ3n) is 10.7. The molecular formula is C50H32N4. The summed E-state index contributed by atoms with van der Waals surface area (Å²) in [6, 6.07) is 69.0. The Morgan fingerprint density at radius 1 is 0.296 bits per heavy atom. The summed E-state index contributed by atoms with van der Waals surface area (Å²) in [6.45, 7) is 0. The molecule has 0 atom stereocenters. The van der Waals surface area contributed by atoms with E-state index >= 15 is 0 Å². The van der Waals surface area contributed by atoms with Crippen LogP contribution in [0, 0.1) is 0 Å². The maximum absolute atomic E-state index is 5.28. The molecule has 0 spiro atoms. The molecule has 11 aromatic rings. The van der Waals surface area contributed by atoms with Crippen LogP contribution < -0.4 is 0 Å². The number of para-hydroxylation sites is 5. The lowest BCUT2D eigenvalue weighted by Crippen LogP contribution is -1.96. The summed E-state index contributed by atoms with van der Waals surface area (Å²) in [5, 5.41) is 5.91. The number of fused-ring (bicyclic) bond motifs is 7. The first-order chi connectivity index (χ1) is 26.8. The molecule has 4 nitrogen and oxygen atoms in total. The Kier molecular flexibility index (Phi) is 6.82. The second kappa shape index (κ2) is 12.1. The van der Waals surface area contributed by atoms with Crippen LogP contribution >= 0.6 is 0 Å². The van der Waals surface area contributed by atoms with E-state index in [4.69, 9.17) is 9.97 Å². The number of hydrogen-bond acceptors (Lipinski definition) is 2. The van der Waals surface area contributed by atoms with Crippen LogP contribution in [0.1, 0.15) is 0 Å². The van der Waals surface area contributed by atoms with Gasteiger partial charge in [-0.15, -0.1) is 0 Å². The van der Waals surface area contributed by atoms with Crippen molar-refractivity contribution >= 4 is 54.5 Å². The van der Waals surface area contributed by atoms with Gasteiger partial charge in [0.05, 0.1) is 33.3 Å². The van der Waals surface area contributed by atoms with Gasteiger partial charge in [-0.05, 0) is 83.9 Å². The first-order valence-electron chi connectivity index (χ1n) is 18.3. The molecule has 0 radical (unpaired) electrons. The van der Waals surface area contributed by atoms with Crippen molar-refractivity contribution in [3.63, 3.8) is 0 Å². The normalized spacial score (nSPS) is 11.7. The maximum atomic E-state index is 5.28. The molecule has 54 heavy (non-hydrogen) atoms. The molecule has 11 rings (SSSR count). The average molecular weight is 689 g/mol. The molecule has 0 fully saturated rings. The smallest absolute Gasteiger partial charge is 0.160 e. The van der Waals surface area contributed by atoms with Gasteiger partial charge in [-0.25, -0.2) is 9.97 Å². The monoisotopic (exact) mass is 688 g/mol. The van der Waals surface area contributed by atoms with Crippen LogP contribution in [0.5, 0.6) is 0 Å². The first-order valence-corrected chi connectivity index (χ1v) is 18.3. The van der Waals surface area contributed by atoms with Crippen molar-refractivity contribution in [3.05, 3.63) is 194 Å². The van der Waals surface area contributed by atoms with E-state index in [1.54, 1.807) is 0 Å². The van der Waals surface area contributed by atoms with Crippen LogP contribution in [0.3, 0.4) is 0 Å². The summed E-state index contributed by atoms with van der Waals surface area (Å²) in [5.74, 6) is 0.714. The zero-order chi connectivity index (χ0) is 35.6. The predicted molar refractivity (Wildman–Crippen MR) is 225 cm³/mol. The van der Waals surface area contributed by atoms with Crippen molar-refractivity contribution in [2.45, 2.75) is 0 Å². The third kappa shape index (κ3) is 4.78. The van der Waals surface area contributed by atoms with Crippen LogP contribution in [-0.4, -0.2) is 19.1 Å². The fourth-order valence-electron chi connectivity index (χ4n) is 8.22. The van der Waals surface area contributed by atoms with Gasteiger partial charge in [-0.1, -0.05) is 121 Å². The van der Waals surface area contributed by atoms with Gasteiger partial charge in [0.2, 0.25) is 0 Å². The Balaban J connectivity index is 1.01. The van der Waals surface area contributed by atoms with E-state index in [1.807, 2.05) is 6.07 Å². The highest BCUT2D eigenvalue weighted by atomic mass is 15.0. The SMILES string of the molecule is c1ccc(-n2c3ccccc3c3cc(-c4ccc(-c5nc(-c6ccc7c(c6)c6ccccc6n7-c6ccccc6)nc6ccccc56)cc4)ccc32)cc1. The fourth-order valence-corrected chi connectivity index (χ4v) is 8.22. The lowest BCUT2D eigenvalue weighted by molar-refractivity contribution is 1.18. The van der Waals surface area contributed by atoms with Crippen molar-refractivity contribution in [3.8, 4) is 45.1 Å². The van der Waals surface area contributed by atoms with Gasteiger partial charge in [-0.2, -0.15) is 0 Å². The molecule has 0 N–H and O–H groups in total. The van der Waals surface area contributed by atoms with Crippen molar-refractivity contribution in [2.75, 3.05) is 0 Å². The van der Waals surface area contributed by atoms with Gasteiger partial charge in [0.1, 0.15) is 0 Å². The van der Waals surface area contributed by atoms with E-state index in [0.29, 0.717) is 5.82 Å². The second-order valence-corrected chi connectivity index (χ2v) is 13.8. The number of hydrogen-bond donors (Lipinski definition) is 0. The molecule has 0 aliphatic rings. The van der Waals surface area contributed by atoms with E-state index in [-0.39, 0.29) is 0 Å². The van der Waals surface area contributed by atoms with Crippen LogP contribution in [-0.2, 0) is 0 Å². The quantitative estimate of drug-likeness (QED) is 0.180. The van der Waals surface area contributed by atoms with Gasteiger partial charge in [0.25, 0.3) is 0 Å². The zero-order valence-electron chi connectivity index (χ0n) is 29.3. The molecule has 0 amide bonds. The molecule has 8 aromatic carbocycles. The Morgan fingerprint density at radius 2 is 0.741 bits per heavy atom. The topological polar surface area (TPSA) is 35.6 Å². The van der Waals surface area contributed by atoms with E-state index in [0.717, 1.165) is 50.2 Å². The number of benzene rings is 8. The summed E-state index contributed by atoms with van der Waals surface area (Å²) < 4.78 is 4.69. The highest BCUT2D eigenvalue weighted by Crippen LogP contribution is 2.38. The molecular weight excluding hydrogens is 657 g/mol. The minimum absolute atomic E-state index is 0.714. The first kappa shape index (κ1) is 30.3. The number of rotatable bonds is 5. The third-order valence-corrected chi connectivity index (χ3v) is 10.7. The van der Waals surface area contributed by atoms with Crippen molar-refractivity contribution in [1.82, 2.24) is 19.1 Å². The minimum atomic E-state index is 0.714. The molecule has 0 bridgehead atoms. The van der Waals surface area contributed by atoms with Crippen LogP contribution in [0.15, 0.2) is 194 Å². The Morgan fingerprint density at radius 3 is 1.35 bits per heavy atom. The van der Waals surface area contributed by atoms with Gasteiger partial charge in [-0.3, -0.25) is 0 Å². The van der Waals surface area contributed by atoms with E-state index in [1.165, 1.54) is 43.7 Å². The number of aromatic nitrogens is 4.